The first kappa shape index (κ1) is 35.3. The van der Waals surface area contributed by atoms with Crippen molar-refractivity contribution >= 4 is 17.5 Å². The topological polar surface area (TPSA) is 218 Å². The van der Waals surface area contributed by atoms with Crippen molar-refractivity contribution in [3.05, 3.63) is 51.6 Å². The van der Waals surface area contributed by atoms with Crippen LogP contribution in [0.3, 0.4) is 0 Å². The molecule has 2 aliphatic carbocycles. The van der Waals surface area contributed by atoms with Crippen LogP contribution in [0.25, 0.3) is 0 Å². The number of hydrogen-bond acceptors (Lipinski definition) is 15. The summed E-state index contributed by atoms with van der Waals surface area (Å²) in [5.41, 5.74) is 2.45. The normalized spacial score (nSPS) is 33.2. The van der Waals surface area contributed by atoms with Crippen molar-refractivity contribution in [2.24, 2.45) is 5.73 Å². The minimum atomic E-state index is -2.17. The second kappa shape index (κ2) is 13.0. The Balaban J connectivity index is 1.16. The highest BCUT2D eigenvalue weighted by atomic mass is 16.7. The fourth-order valence-corrected chi connectivity index (χ4v) is 8.60. The first-order chi connectivity index (χ1) is 24.9. The van der Waals surface area contributed by atoms with Gasteiger partial charge in [-0.05, 0) is 19.4 Å². The number of carbonyl (C=O) groups excluding carboxylic acids is 3. The standard InChI is InChI=1S/C36H43N3O13/c1-16-31-19(39-9-10-49-33(47-3)32(39)52-31)11-22(50-16)51-21-13-36(45,34(44)38-8-7-35(37)14-48-15-35)12-18-24(21)30(43)26-25(28(18)41)27(40)17-5-4-6-20(46-2)23(17)29(26)42/h4-6,16,19,21-22,31-33,41,43,45H,7-15,37H2,1-3H3,(H,38,44)/t16-,19-,21-,22-,31+,32+,33-,36-/m0/s1. The lowest BCUT2D eigenvalue weighted by Crippen LogP contribution is -2.59. The Bertz CT molecular complexity index is 1820. The molecule has 4 saturated heterocycles. The molecule has 0 spiro atoms. The van der Waals surface area contributed by atoms with Crippen LogP contribution in [0.15, 0.2) is 18.2 Å². The number of carbonyl (C=O) groups is 3. The average molecular weight is 726 g/mol. The highest BCUT2D eigenvalue weighted by Gasteiger charge is 2.55. The van der Waals surface area contributed by atoms with E-state index in [1.54, 1.807) is 7.11 Å². The molecule has 2 aromatic rings. The molecule has 16 nitrogen and oxygen atoms in total. The Labute approximate surface area is 299 Å². The molecule has 0 radical (unpaired) electrons. The maximum absolute atomic E-state index is 14.1. The molecular formula is C36H43N3O13. The summed E-state index contributed by atoms with van der Waals surface area (Å²) in [5.74, 6) is -3.32. The van der Waals surface area contributed by atoms with Gasteiger partial charge in [0, 0.05) is 62.2 Å². The predicted octanol–water partition coefficient (Wildman–Crippen LogP) is 0.384. The van der Waals surface area contributed by atoms with Gasteiger partial charge in [-0.2, -0.15) is 0 Å². The summed E-state index contributed by atoms with van der Waals surface area (Å²) in [5, 5.41) is 38.6. The number of nitrogens with two attached hydrogens (primary N) is 1. The molecular weight excluding hydrogens is 682 g/mol. The van der Waals surface area contributed by atoms with Crippen molar-refractivity contribution in [3.63, 3.8) is 0 Å². The number of aliphatic hydroxyl groups is 1. The van der Waals surface area contributed by atoms with Gasteiger partial charge >= 0.3 is 0 Å². The number of fused-ring (bicyclic) bond motifs is 6. The van der Waals surface area contributed by atoms with Crippen molar-refractivity contribution < 1.29 is 62.9 Å². The molecule has 2 aromatic carbocycles. The number of nitrogens with one attached hydrogen (secondary N) is 1. The van der Waals surface area contributed by atoms with Gasteiger partial charge in [-0.15, -0.1) is 0 Å². The zero-order chi connectivity index (χ0) is 36.7. The van der Waals surface area contributed by atoms with Crippen LogP contribution >= 0.6 is 0 Å². The number of nitrogens with zero attached hydrogens (tertiary/aromatic N) is 1. The van der Waals surface area contributed by atoms with E-state index in [1.807, 2.05) is 6.92 Å². The lowest BCUT2D eigenvalue weighted by molar-refractivity contribution is -0.256. The van der Waals surface area contributed by atoms with Gasteiger partial charge in [-0.3, -0.25) is 19.3 Å². The minimum Gasteiger partial charge on any atom is -0.507 e. The van der Waals surface area contributed by atoms with Crippen LogP contribution in [-0.4, -0.2) is 133 Å². The van der Waals surface area contributed by atoms with E-state index in [-0.39, 0.29) is 53.1 Å². The maximum Gasteiger partial charge on any atom is 0.252 e. The lowest BCUT2D eigenvalue weighted by Gasteiger charge is -2.43. The van der Waals surface area contributed by atoms with E-state index in [2.05, 4.69) is 10.2 Å². The van der Waals surface area contributed by atoms with Gasteiger partial charge in [-0.25, -0.2) is 0 Å². The third-order valence-electron chi connectivity index (χ3n) is 11.3. The van der Waals surface area contributed by atoms with Gasteiger partial charge in [0.2, 0.25) is 5.78 Å². The summed E-state index contributed by atoms with van der Waals surface area (Å²) in [6.07, 6.45) is -4.22. The zero-order valence-corrected chi connectivity index (χ0v) is 29.1. The summed E-state index contributed by atoms with van der Waals surface area (Å²) in [7, 11) is 2.91. The molecule has 4 heterocycles. The lowest BCUT2D eigenvalue weighted by atomic mass is 9.72. The Morgan fingerprint density at radius 2 is 1.87 bits per heavy atom. The number of amides is 1. The van der Waals surface area contributed by atoms with E-state index in [0.29, 0.717) is 39.2 Å². The van der Waals surface area contributed by atoms with Crippen molar-refractivity contribution in [3.8, 4) is 17.2 Å². The molecule has 8 atom stereocenters. The molecule has 0 saturated carbocycles. The first-order valence-electron chi connectivity index (χ1n) is 17.5. The molecule has 0 unspecified atom stereocenters. The van der Waals surface area contributed by atoms with E-state index in [0.717, 1.165) is 0 Å². The Kier molecular flexibility index (Phi) is 8.83. The zero-order valence-electron chi connectivity index (χ0n) is 29.1. The third-order valence-corrected chi connectivity index (χ3v) is 11.3. The number of ether oxygens (including phenoxy) is 7. The van der Waals surface area contributed by atoms with E-state index >= 15 is 0 Å². The number of benzene rings is 2. The van der Waals surface area contributed by atoms with Crippen LogP contribution in [0.5, 0.6) is 17.2 Å². The molecule has 6 N–H and O–H groups in total. The van der Waals surface area contributed by atoms with Crippen molar-refractivity contribution in [1.82, 2.24) is 10.2 Å². The summed E-state index contributed by atoms with van der Waals surface area (Å²) in [4.78, 5) is 43.9. The second-order valence-electron chi connectivity index (χ2n) is 14.6. The van der Waals surface area contributed by atoms with E-state index in [9.17, 15) is 29.7 Å². The van der Waals surface area contributed by atoms with Gasteiger partial charge < -0.3 is 59.5 Å². The number of ketones is 2. The molecule has 16 heteroatoms. The molecule has 1 amide bonds. The number of aromatic hydroxyl groups is 2. The highest BCUT2D eigenvalue weighted by Crippen LogP contribution is 2.53. The molecule has 0 aromatic heterocycles. The average Bonchev–Trinajstić information content (AvgIpc) is 3.50. The van der Waals surface area contributed by atoms with Crippen LogP contribution in [0.2, 0.25) is 0 Å². The molecule has 6 aliphatic rings. The Morgan fingerprint density at radius 1 is 1.10 bits per heavy atom. The summed E-state index contributed by atoms with van der Waals surface area (Å²) in [6.45, 7) is 3.69. The third kappa shape index (κ3) is 5.51. The van der Waals surface area contributed by atoms with E-state index in [4.69, 9.17) is 38.9 Å². The number of hydrogen-bond donors (Lipinski definition) is 5. The second-order valence-corrected chi connectivity index (χ2v) is 14.6. The minimum absolute atomic E-state index is 0.0196. The number of phenolic OH excluding ortho intramolecular Hbond substituents is 2. The van der Waals surface area contributed by atoms with E-state index < -0.39 is 88.7 Å². The monoisotopic (exact) mass is 725 g/mol. The van der Waals surface area contributed by atoms with Crippen molar-refractivity contribution in [2.75, 3.05) is 47.1 Å². The molecule has 4 fully saturated rings. The molecule has 4 aliphatic heterocycles. The number of rotatable bonds is 8. The van der Waals surface area contributed by atoms with Gasteiger partial charge in [-0.1, -0.05) is 12.1 Å². The van der Waals surface area contributed by atoms with Gasteiger partial charge in [0.15, 0.2) is 24.6 Å². The maximum atomic E-state index is 14.1. The summed E-state index contributed by atoms with van der Waals surface area (Å²) < 4.78 is 41.0. The van der Waals surface area contributed by atoms with Crippen LogP contribution in [0.1, 0.15) is 75.3 Å². The van der Waals surface area contributed by atoms with Gasteiger partial charge in [0.25, 0.3) is 5.91 Å². The predicted molar refractivity (Wildman–Crippen MR) is 177 cm³/mol. The van der Waals surface area contributed by atoms with Crippen LogP contribution in [0.4, 0.5) is 0 Å². The van der Waals surface area contributed by atoms with Crippen LogP contribution in [-0.2, 0) is 39.6 Å². The highest BCUT2D eigenvalue weighted by molar-refractivity contribution is 6.31. The Morgan fingerprint density at radius 3 is 2.58 bits per heavy atom. The fourth-order valence-electron chi connectivity index (χ4n) is 8.60. The number of phenols is 2. The van der Waals surface area contributed by atoms with Crippen molar-refractivity contribution in [1.29, 1.82) is 0 Å². The van der Waals surface area contributed by atoms with Crippen molar-refractivity contribution in [2.45, 2.75) is 86.9 Å². The van der Waals surface area contributed by atoms with Gasteiger partial charge in [0.1, 0.15) is 29.0 Å². The number of methoxy groups -OCH3 is 2. The largest absolute Gasteiger partial charge is 0.507 e. The van der Waals surface area contributed by atoms with Crippen LogP contribution in [0, 0.1) is 0 Å². The van der Waals surface area contributed by atoms with Gasteiger partial charge in [0.05, 0.1) is 61.4 Å². The molecule has 280 valence electrons. The fraction of sp³-hybridized carbons (Fsp3) is 0.583. The first-order valence-corrected chi connectivity index (χ1v) is 17.5. The quantitative estimate of drug-likeness (QED) is 0.199. The smallest absolute Gasteiger partial charge is 0.252 e. The SMILES string of the molecule is COc1cccc2c1C(=O)c1c(O)c3c(c(O)c1C2=O)C[C@@](O)(C(=O)NCCC1(N)COC1)C[C@@H]3O[C@H]1C[C@H]2[C@H](O[C@@H]3[C@@H](OC)OCCN32)[C@H](C)O1. The molecule has 8 rings (SSSR count). The van der Waals surface area contributed by atoms with Crippen LogP contribution < -0.4 is 15.8 Å². The summed E-state index contributed by atoms with van der Waals surface area (Å²) >= 11 is 0. The molecule has 0 bridgehead atoms. The van der Waals surface area contributed by atoms with E-state index in [1.165, 1.54) is 25.3 Å². The Hall–Kier alpha value is -3.71. The number of morpholine rings is 1. The molecule has 52 heavy (non-hydrogen) atoms. The summed E-state index contributed by atoms with van der Waals surface area (Å²) in [6, 6.07) is 4.32.